The molecular formula is C51H39N. The molecule has 0 heterocycles. The van der Waals surface area contributed by atoms with E-state index in [1.54, 1.807) is 0 Å². The first-order chi connectivity index (χ1) is 25.5. The zero-order chi connectivity index (χ0) is 35.1. The highest BCUT2D eigenvalue weighted by molar-refractivity contribution is 5.94. The fourth-order valence-electron chi connectivity index (χ4n) is 7.89. The maximum absolute atomic E-state index is 2.40. The van der Waals surface area contributed by atoms with E-state index in [-0.39, 0.29) is 5.41 Å². The van der Waals surface area contributed by atoms with Gasteiger partial charge < -0.3 is 4.90 Å². The second-order valence-electron chi connectivity index (χ2n) is 14.2. The van der Waals surface area contributed by atoms with E-state index in [4.69, 9.17) is 0 Å². The van der Waals surface area contributed by atoms with E-state index in [0.717, 1.165) is 17.1 Å². The van der Waals surface area contributed by atoms with Crippen molar-refractivity contribution in [2.75, 3.05) is 4.90 Å². The number of hydrogen-bond donors (Lipinski definition) is 0. The Hall–Kier alpha value is -6.44. The van der Waals surface area contributed by atoms with Crippen molar-refractivity contribution < 1.29 is 0 Å². The van der Waals surface area contributed by atoms with Gasteiger partial charge in [0.05, 0.1) is 0 Å². The van der Waals surface area contributed by atoms with Crippen LogP contribution in [0.5, 0.6) is 0 Å². The molecule has 0 unspecified atom stereocenters. The molecule has 9 rings (SSSR count). The summed E-state index contributed by atoms with van der Waals surface area (Å²) in [5.41, 5.74) is 16.0. The summed E-state index contributed by atoms with van der Waals surface area (Å²) in [5, 5.41) is 2.49. The number of rotatable bonds is 7. The maximum Gasteiger partial charge on any atom is 0.0465 e. The molecule has 8 aromatic carbocycles. The maximum atomic E-state index is 2.40. The minimum absolute atomic E-state index is 0.155. The van der Waals surface area contributed by atoms with Crippen LogP contribution in [0.25, 0.3) is 56.3 Å². The van der Waals surface area contributed by atoms with E-state index < -0.39 is 0 Å². The molecule has 0 fully saturated rings. The molecule has 0 saturated heterocycles. The van der Waals surface area contributed by atoms with Crippen LogP contribution in [0.15, 0.2) is 188 Å². The predicted octanol–water partition coefficient (Wildman–Crippen LogP) is 14.1. The first-order valence-corrected chi connectivity index (χ1v) is 18.1. The molecule has 0 aromatic heterocycles. The molecule has 0 bridgehead atoms. The zero-order valence-electron chi connectivity index (χ0n) is 29.5. The van der Waals surface area contributed by atoms with Crippen LogP contribution in [-0.4, -0.2) is 0 Å². The first kappa shape index (κ1) is 31.5. The molecule has 1 nitrogen and oxygen atoms in total. The van der Waals surface area contributed by atoms with Crippen molar-refractivity contribution in [1.82, 2.24) is 0 Å². The van der Waals surface area contributed by atoms with Crippen LogP contribution >= 0.6 is 0 Å². The Morgan fingerprint density at radius 1 is 0.385 bits per heavy atom. The third-order valence-corrected chi connectivity index (χ3v) is 10.6. The number of benzene rings is 8. The van der Waals surface area contributed by atoms with E-state index in [1.165, 1.54) is 66.4 Å². The Morgan fingerprint density at radius 2 is 0.904 bits per heavy atom. The molecular weight excluding hydrogens is 627 g/mol. The van der Waals surface area contributed by atoms with Crippen LogP contribution in [0.4, 0.5) is 17.1 Å². The molecule has 1 aliphatic carbocycles. The predicted molar refractivity (Wildman–Crippen MR) is 222 cm³/mol. The van der Waals surface area contributed by atoms with Crippen molar-refractivity contribution >= 4 is 40.0 Å². The molecule has 0 aliphatic heterocycles. The lowest BCUT2D eigenvalue weighted by Crippen LogP contribution is -2.16. The summed E-state index contributed by atoms with van der Waals surface area (Å²) in [6.45, 7) is 4.73. The Bertz CT molecular complexity index is 2520. The third-order valence-electron chi connectivity index (χ3n) is 10.6. The van der Waals surface area contributed by atoms with Crippen LogP contribution < -0.4 is 4.90 Å². The van der Waals surface area contributed by atoms with Crippen LogP contribution in [0.2, 0.25) is 0 Å². The summed E-state index contributed by atoms with van der Waals surface area (Å²) < 4.78 is 0. The average Bonchev–Trinajstić information content (AvgIpc) is 3.43. The van der Waals surface area contributed by atoms with Gasteiger partial charge in [0.25, 0.3) is 0 Å². The second kappa shape index (κ2) is 13.0. The van der Waals surface area contributed by atoms with Crippen LogP contribution in [0, 0.1) is 0 Å². The summed E-state index contributed by atoms with van der Waals surface area (Å²) in [5.74, 6) is 0. The van der Waals surface area contributed by atoms with Gasteiger partial charge in [0.15, 0.2) is 0 Å². The molecule has 0 amide bonds. The van der Waals surface area contributed by atoms with Crippen molar-refractivity contribution in [2.24, 2.45) is 0 Å². The first-order valence-electron chi connectivity index (χ1n) is 18.1. The fraction of sp³-hybridized carbons (Fsp3) is 0.0588. The van der Waals surface area contributed by atoms with Gasteiger partial charge in [-0.05, 0) is 115 Å². The monoisotopic (exact) mass is 665 g/mol. The summed E-state index contributed by atoms with van der Waals surface area (Å²) in [7, 11) is 0. The summed E-state index contributed by atoms with van der Waals surface area (Å²) in [6.07, 6.45) is 4.57. The van der Waals surface area contributed by atoms with Crippen molar-refractivity contribution in [3.05, 3.63) is 210 Å². The molecule has 1 heteroatoms. The zero-order valence-corrected chi connectivity index (χ0v) is 29.5. The molecule has 0 spiro atoms. The van der Waals surface area contributed by atoms with E-state index in [9.17, 15) is 0 Å². The lowest BCUT2D eigenvalue weighted by atomic mass is 9.81. The lowest BCUT2D eigenvalue weighted by molar-refractivity contribution is 0.660. The molecule has 248 valence electrons. The largest absolute Gasteiger partial charge is 0.310 e. The van der Waals surface area contributed by atoms with Gasteiger partial charge in [0, 0.05) is 22.5 Å². The van der Waals surface area contributed by atoms with E-state index in [2.05, 4.69) is 219 Å². The van der Waals surface area contributed by atoms with Crippen LogP contribution in [0.3, 0.4) is 0 Å². The van der Waals surface area contributed by atoms with Crippen molar-refractivity contribution in [3.63, 3.8) is 0 Å². The highest BCUT2D eigenvalue weighted by Crippen LogP contribution is 2.51. The molecule has 52 heavy (non-hydrogen) atoms. The van der Waals surface area contributed by atoms with Gasteiger partial charge >= 0.3 is 0 Å². The number of para-hydroxylation sites is 2. The topological polar surface area (TPSA) is 3.24 Å². The van der Waals surface area contributed by atoms with E-state index in [1.807, 2.05) is 0 Å². The Labute approximate surface area is 306 Å². The minimum atomic E-state index is -0.155. The summed E-state index contributed by atoms with van der Waals surface area (Å²) >= 11 is 0. The van der Waals surface area contributed by atoms with Gasteiger partial charge in [-0.2, -0.15) is 0 Å². The molecule has 0 saturated carbocycles. The van der Waals surface area contributed by atoms with Gasteiger partial charge in [-0.3, -0.25) is 0 Å². The van der Waals surface area contributed by atoms with Crippen molar-refractivity contribution in [1.29, 1.82) is 0 Å². The van der Waals surface area contributed by atoms with Gasteiger partial charge in [-0.15, -0.1) is 0 Å². The van der Waals surface area contributed by atoms with Crippen molar-refractivity contribution in [3.8, 4) is 33.4 Å². The quantitative estimate of drug-likeness (QED) is 0.153. The standard InChI is InChI=1S/C51H39N/c1-51(2)49-32-36(23-30-46(49)47-31-29-45(35-50(47)51)52(43-18-8-4-9-19-43)44-20-10-5-11-21-44)22-24-42-33-40-16-12-13-17-41(40)34-48(42)39-27-25-38(26-28-39)37-14-6-3-7-15-37/h3-35H,1-2H3/b24-22+. The van der Waals surface area contributed by atoms with Crippen LogP contribution in [-0.2, 0) is 5.41 Å². The van der Waals surface area contributed by atoms with Gasteiger partial charge in [-0.25, -0.2) is 0 Å². The summed E-state index contributed by atoms with van der Waals surface area (Å²) in [4.78, 5) is 2.35. The van der Waals surface area contributed by atoms with Crippen molar-refractivity contribution in [2.45, 2.75) is 19.3 Å². The SMILES string of the molecule is CC1(C)c2cc(/C=C/c3cc4ccccc4cc3-c3ccc(-c4ccccc4)cc3)ccc2-c2ccc(N(c3ccccc3)c3ccccc3)cc21. The van der Waals surface area contributed by atoms with Crippen LogP contribution in [0.1, 0.15) is 36.1 Å². The molecule has 0 atom stereocenters. The molecule has 1 aliphatic rings. The Balaban J connectivity index is 1.07. The Kier molecular flexibility index (Phi) is 7.90. The fourth-order valence-corrected chi connectivity index (χ4v) is 7.89. The smallest absolute Gasteiger partial charge is 0.0465 e. The number of nitrogens with zero attached hydrogens (tertiary/aromatic N) is 1. The summed E-state index contributed by atoms with van der Waals surface area (Å²) in [6, 6.07) is 68.1. The Morgan fingerprint density at radius 3 is 1.56 bits per heavy atom. The van der Waals surface area contributed by atoms with Gasteiger partial charge in [-0.1, -0.05) is 166 Å². The highest BCUT2D eigenvalue weighted by Gasteiger charge is 2.36. The number of fused-ring (bicyclic) bond motifs is 4. The molecule has 0 radical (unpaired) electrons. The molecule has 8 aromatic rings. The van der Waals surface area contributed by atoms with Gasteiger partial charge in [0.1, 0.15) is 0 Å². The minimum Gasteiger partial charge on any atom is -0.310 e. The van der Waals surface area contributed by atoms with E-state index in [0.29, 0.717) is 0 Å². The lowest BCUT2D eigenvalue weighted by Gasteiger charge is -2.28. The average molecular weight is 666 g/mol. The van der Waals surface area contributed by atoms with Gasteiger partial charge in [0.2, 0.25) is 0 Å². The molecule has 0 N–H and O–H groups in total. The third kappa shape index (κ3) is 5.71. The number of anilines is 3. The number of hydrogen-bond acceptors (Lipinski definition) is 1. The second-order valence-corrected chi connectivity index (χ2v) is 14.2. The van der Waals surface area contributed by atoms with E-state index >= 15 is 0 Å². The normalized spacial score (nSPS) is 12.9. The highest BCUT2D eigenvalue weighted by atomic mass is 15.1.